The summed E-state index contributed by atoms with van der Waals surface area (Å²) in [5.74, 6) is 1.55. The summed E-state index contributed by atoms with van der Waals surface area (Å²) >= 11 is 0. The van der Waals surface area contributed by atoms with Crippen LogP contribution in [0.2, 0.25) is 0 Å². The van der Waals surface area contributed by atoms with Gasteiger partial charge in [0.25, 0.3) is 0 Å². The van der Waals surface area contributed by atoms with Crippen LogP contribution >= 0.6 is 0 Å². The Morgan fingerprint density at radius 3 is 2.79 bits per heavy atom. The van der Waals surface area contributed by atoms with E-state index >= 15 is 0 Å². The highest BCUT2D eigenvalue weighted by atomic mass is 15.1. The highest BCUT2D eigenvalue weighted by Gasteiger charge is 2.32. The van der Waals surface area contributed by atoms with E-state index in [0.29, 0.717) is 6.04 Å². The van der Waals surface area contributed by atoms with Gasteiger partial charge in [0.1, 0.15) is 0 Å². The van der Waals surface area contributed by atoms with Crippen molar-refractivity contribution in [2.45, 2.75) is 39.2 Å². The van der Waals surface area contributed by atoms with E-state index in [1.807, 2.05) is 12.5 Å². The van der Waals surface area contributed by atoms with E-state index in [2.05, 4.69) is 59.1 Å². The molecule has 0 spiro atoms. The third-order valence-electron chi connectivity index (χ3n) is 6.08. The number of allylic oxidation sites excluding steroid dienone is 1. The number of rotatable bonds is 4. The van der Waals surface area contributed by atoms with Gasteiger partial charge in [-0.15, -0.1) is 0 Å². The molecular formula is C21H27N3. The first-order valence-electron chi connectivity index (χ1n) is 9.16. The van der Waals surface area contributed by atoms with Gasteiger partial charge in [-0.1, -0.05) is 37.8 Å². The molecule has 3 heteroatoms. The number of piperidine rings is 1. The molecule has 0 aliphatic carbocycles. The molecule has 4 rings (SSSR count). The van der Waals surface area contributed by atoms with Crippen molar-refractivity contribution in [2.24, 2.45) is 11.8 Å². The second kappa shape index (κ2) is 6.12. The lowest BCUT2D eigenvalue weighted by Crippen LogP contribution is -2.34. The fraction of sp³-hybridized carbons (Fsp3) is 0.476. The van der Waals surface area contributed by atoms with Gasteiger partial charge in [0.2, 0.25) is 0 Å². The van der Waals surface area contributed by atoms with Crippen LogP contribution in [0.1, 0.15) is 44.7 Å². The van der Waals surface area contributed by atoms with Crippen molar-refractivity contribution < 1.29 is 0 Å². The van der Waals surface area contributed by atoms with Crippen LogP contribution in [0.25, 0.3) is 11.3 Å². The maximum Gasteiger partial charge on any atom is 0.0956 e. The zero-order chi connectivity index (χ0) is 16.7. The maximum atomic E-state index is 4.39. The molecule has 2 aliphatic rings. The number of hydrogen-bond donors (Lipinski definition) is 0. The average Bonchev–Trinajstić information content (AvgIpc) is 3.18. The van der Waals surface area contributed by atoms with Crippen molar-refractivity contribution in [3.8, 4) is 11.3 Å². The SMILES string of the molecule is C=C(C)N1CCC(C(C)CC2c3ccccc3-c3cncn32)CC1. The molecule has 24 heavy (non-hydrogen) atoms. The fourth-order valence-electron chi connectivity index (χ4n) is 4.57. The zero-order valence-corrected chi connectivity index (χ0v) is 14.8. The zero-order valence-electron chi connectivity index (χ0n) is 14.8. The first-order chi connectivity index (χ1) is 11.6. The summed E-state index contributed by atoms with van der Waals surface area (Å²) < 4.78 is 2.38. The number of imidazole rings is 1. The summed E-state index contributed by atoms with van der Waals surface area (Å²) in [6.45, 7) is 11.0. The first kappa shape index (κ1) is 15.5. The number of aromatic nitrogens is 2. The van der Waals surface area contributed by atoms with Crippen LogP contribution in [0.15, 0.2) is 49.1 Å². The van der Waals surface area contributed by atoms with Gasteiger partial charge < -0.3 is 9.47 Å². The Kier molecular flexibility index (Phi) is 3.95. The highest BCUT2D eigenvalue weighted by molar-refractivity contribution is 5.68. The van der Waals surface area contributed by atoms with E-state index in [-0.39, 0.29) is 0 Å². The first-order valence-corrected chi connectivity index (χ1v) is 9.16. The molecule has 2 aromatic rings. The van der Waals surface area contributed by atoms with Gasteiger partial charge >= 0.3 is 0 Å². The van der Waals surface area contributed by atoms with Crippen LogP contribution in [-0.4, -0.2) is 27.5 Å². The van der Waals surface area contributed by atoms with Crippen molar-refractivity contribution in [1.29, 1.82) is 0 Å². The molecule has 2 unspecified atom stereocenters. The molecule has 2 aliphatic heterocycles. The Hall–Kier alpha value is -2.03. The Morgan fingerprint density at radius 1 is 1.29 bits per heavy atom. The summed E-state index contributed by atoms with van der Waals surface area (Å²) in [5, 5.41) is 0. The van der Waals surface area contributed by atoms with Gasteiger partial charge in [-0.25, -0.2) is 4.98 Å². The van der Waals surface area contributed by atoms with Crippen LogP contribution < -0.4 is 0 Å². The number of hydrogen-bond acceptors (Lipinski definition) is 2. The molecule has 0 bridgehead atoms. The quantitative estimate of drug-likeness (QED) is 0.812. The predicted molar refractivity (Wildman–Crippen MR) is 98.7 cm³/mol. The van der Waals surface area contributed by atoms with Crippen LogP contribution in [0.5, 0.6) is 0 Å². The molecular weight excluding hydrogens is 294 g/mol. The molecule has 2 atom stereocenters. The molecule has 1 aromatic carbocycles. The smallest absolute Gasteiger partial charge is 0.0956 e. The molecule has 0 radical (unpaired) electrons. The van der Waals surface area contributed by atoms with E-state index in [0.717, 1.165) is 11.8 Å². The largest absolute Gasteiger partial charge is 0.376 e. The number of nitrogens with zero attached hydrogens (tertiary/aromatic N) is 3. The van der Waals surface area contributed by atoms with Crippen molar-refractivity contribution >= 4 is 0 Å². The summed E-state index contributed by atoms with van der Waals surface area (Å²) in [7, 11) is 0. The molecule has 3 heterocycles. The molecule has 126 valence electrons. The van der Waals surface area contributed by atoms with Crippen molar-refractivity contribution in [1.82, 2.24) is 14.5 Å². The Bertz CT molecular complexity index is 737. The lowest BCUT2D eigenvalue weighted by atomic mass is 9.80. The minimum Gasteiger partial charge on any atom is -0.376 e. The normalized spacial score (nSPS) is 21.4. The third kappa shape index (κ3) is 2.56. The minimum atomic E-state index is 0.452. The van der Waals surface area contributed by atoms with Gasteiger partial charge in [0, 0.05) is 24.4 Å². The Labute approximate surface area is 145 Å². The van der Waals surface area contributed by atoms with Gasteiger partial charge in [-0.05, 0) is 43.6 Å². The molecule has 1 saturated heterocycles. The second-order valence-corrected chi connectivity index (χ2v) is 7.56. The predicted octanol–water partition coefficient (Wildman–Crippen LogP) is 4.72. The standard InChI is InChI=1S/C21H27N3/c1-15(2)23-10-8-17(9-11-23)16(3)12-20-18-6-4-5-7-19(18)21-13-22-14-24(20)21/h4-7,13-14,16-17,20H,1,8-12H2,2-3H3. The molecule has 1 aromatic heterocycles. The van der Waals surface area contributed by atoms with Crippen LogP contribution in [0, 0.1) is 11.8 Å². The number of fused-ring (bicyclic) bond motifs is 3. The third-order valence-corrected chi connectivity index (χ3v) is 6.08. The molecule has 3 nitrogen and oxygen atoms in total. The van der Waals surface area contributed by atoms with E-state index in [1.165, 1.54) is 54.9 Å². The summed E-state index contributed by atoms with van der Waals surface area (Å²) in [4.78, 5) is 6.82. The van der Waals surface area contributed by atoms with Gasteiger partial charge in [0.15, 0.2) is 0 Å². The van der Waals surface area contributed by atoms with Crippen LogP contribution in [0.3, 0.4) is 0 Å². The highest BCUT2D eigenvalue weighted by Crippen LogP contribution is 2.43. The van der Waals surface area contributed by atoms with Crippen molar-refractivity contribution in [3.05, 3.63) is 54.6 Å². The van der Waals surface area contributed by atoms with E-state index < -0.39 is 0 Å². The topological polar surface area (TPSA) is 21.1 Å². The maximum absolute atomic E-state index is 4.39. The minimum absolute atomic E-state index is 0.452. The fourth-order valence-corrected chi connectivity index (χ4v) is 4.57. The van der Waals surface area contributed by atoms with Gasteiger partial charge in [-0.2, -0.15) is 0 Å². The van der Waals surface area contributed by atoms with Crippen LogP contribution in [-0.2, 0) is 0 Å². The number of likely N-dealkylation sites (tertiary alicyclic amines) is 1. The summed E-state index contributed by atoms with van der Waals surface area (Å²) in [5.41, 5.74) is 5.33. The number of benzene rings is 1. The molecule has 0 N–H and O–H groups in total. The lowest BCUT2D eigenvalue weighted by molar-refractivity contribution is 0.172. The Morgan fingerprint density at radius 2 is 2.04 bits per heavy atom. The van der Waals surface area contributed by atoms with E-state index in [4.69, 9.17) is 0 Å². The molecule has 0 saturated carbocycles. The average molecular weight is 321 g/mol. The van der Waals surface area contributed by atoms with Crippen molar-refractivity contribution in [3.63, 3.8) is 0 Å². The van der Waals surface area contributed by atoms with Crippen LogP contribution in [0.4, 0.5) is 0 Å². The van der Waals surface area contributed by atoms with Gasteiger partial charge in [-0.3, -0.25) is 0 Å². The monoisotopic (exact) mass is 321 g/mol. The molecule has 1 fully saturated rings. The summed E-state index contributed by atoms with van der Waals surface area (Å²) in [6, 6.07) is 9.28. The van der Waals surface area contributed by atoms with E-state index in [9.17, 15) is 0 Å². The second-order valence-electron chi connectivity index (χ2n) is 7.56. The lowest BCUT2D eigenvalue weighted by Gasteiger charge is -2.37. The van der Waals surface area contributed by atoms with Gasteiger partial charge in [0.05, 0.1) is 24.3 Å². The van der Waals surface area contributed by atoms with E-state index in [1.54, 1.807) is 0 Å². The molecule has 0 amide bonds. The Balaban J connectivity index is 1.49. The van der Waals surface area contributed by atoms with Crippen molar-refractivity contribution in [2.75, 3.05) is 13.1 Å². The summed E-state index contributed by atoms with van der Waals surface area (Å²) in [6.07, 6.45) is 7.81.